The fourth-order valence-electron chi connectivity index (χ4n) is 4.25. The molecule has 0 aromatic heterocycles. The maximum Gasteiger partial charge on any atom is 0.316 e. The predicted molar refractivity (Wildman–Crippen MR) is 121 cm³/mol. The van der Waals surface area contributed by atoms with Gasteiger partial charge in [-0.1, -0.05) is 29.8 Å². The highest BCUT2D eigenvalue weighted by Crippen LogP contribution is 2.25. The van der Waals surface area contributed by atoms with Crippen LogP contribution in [0, 0.1) is 5.82 Å². The Morgan fingerprint density at radius 1 is 1.16 bits per heavy atom. The van der Waals surface area contributed by atoms with Gasteiger partial charge in [0.05, 0.1) is 31.0 Å². The number of benzene rings is 2. The normalized spacial score (nSPS) is 21.0. The molecule has 2 bridgehead atoms. The van der Waals surface area contributed by atoms with Crippen LogP contribution in [-0.2, 0) is 16.1 Å². The van der Waals surface area contributed by atoms with Gasteiger partial charge >= 0.3 is 6.03 Å². The van der Waals surface area contributed by atoms with Crippen LogP contribution in [0.2, 0.25) is 5.02 Å². The van der Waals surface area contributed by atoms with E-state index in [1.165, 1.54) is 18.2 Å². The molecule has 32 heavy (non-hydrogen) atoms. The number of anilines is 1. The standard InChI is InChI=1S/C23H24ClFN4O3/c24-17-5-3-16(21(9-17)27-23(26)31)4-8-22(30)29-19-11-28(12-20(29)14-32-13-19)10-15-1-6-18(25)7-2-15/h1-9,19-20H,10-14H2,(H3,26,27,31). The van der Waals surface area contributed by atoms with Crippen molar-refractivity contribution in [2.45, 2.75) is 18.6 Å². The first kappa shape index (κ1) is 22.3. The third-order valence-corrected chi connectivity index (χ3v) is 5.83. The Hall–Kier alpha value is -2.94. The van der Waals surface area contributed by atoms with Gasteiger partial charge in [0.25, 0.3) is 0 Å². The van der Waals surface area contributed by atoms with E-state index >= 15 is 0 Å². The Balaban J connectivity index is 1.45. The largest absolute Gasteiger partial charge is 0.377 e. The molecule has 2 fully saturated rings. The number of carbonyl (C=O) groups is 2. The lowest BCUT2D eigenvalue weighted by atomic mass is 10.0. The molecule has 4 rings (SSSR count). The zero-order valence-electron chi connectivity index (χ0n) is 17.3. The molecule has 9 heteroatoms. The second kappa shape index (κ2) is 9.68. The first-order valence-electron chi connectivity index (χ1n) is 10.3. The summed E-state index contributed by atoms with van der Waals surface area (Å²) in [5.74, 6) is -0.374. The second-order valence-electron chi connectivity index (χ2n) is 7.97. The average Bonchev–Trinajstić information content (AvgIpc) is 2.73. The van der Waals surface area contributed by atoms with Crippen molar-refractivity contribution < 1.29 is 18.7 Å². The summed E-state index contributed by atoms with van der Waals surface area (Å²) in [6.07, 6.45) is 3.14. The average molecular weight is 459 g/mol. The highest BCUT2D eigenvalue weighted by molar-refractivity contribution is 6.31. The van der Waals surface area contributed by atoms with Crippen molar-refractivity contribution in [3.05, 3.63) is 70.5 Å². The number of morpholine rings is 1. The number of primary amides is 1. The van der Waals surface area contributed by atoms with Gasteiger partial charge < -0.3 is 20.7 Å². The molecule has 2 aromatic rings. The molecule has 2 aliphatic heterocycles. The number of halogens is 2. The van der Waals surface area contributed by atoms with E-state index in [9.17, 15) is 14.0 Å². The zero-order valence-corrected chi connectivity index (χ0v) is 18.1. The van der Waals surface area contributed by atoms with Crippen LogP contribution in [0.5, 0.6) is 0 Å². The molecule has 0 saturated carbocycles. The fraction of sp³-hybridized carbons (Fsp3) is 0.304. The Labute approximate surface area is 190 Å². The summed E-state index contributed by atoms with van der Waals surface area (Å²) < 4.78 is 18.9. The first-order valence-corrected chi connectivity index (χ1v) is 10.7. The van der Waals surface area contributed by atoms with E-state index < -0.39 is 6.03 Å². The number of nitrogens with zero attached hydrogens (tertiary/aromatic N) is 2. The summed E-state index contributed by atoms with van der Waals surface area (Å²) >= 11 is 6.00. The predicted octanol–water partition coefficient (Wildman–Crippen LogP) is 3.09. The smallest absolute Gasteiger partial charge is 0.316 e. The number of carbonyl (C=O) groups excluding carboxylic acids is 2. The van der Waals surface area contributed by atoms with Gasteiger partial charge in [0.2, 0.25) is 5.91 Å². The third-order valence-electron chi connectivity index (χ3n) is 5.60. The molecule has 2 aliphatic rings. The number of piperazine rings is 1. The molecule has 0 aliphatic carbocycles. The Morgan fingerprint density at radius 3 is 2.50 bits per heavy atom. The molecular weight excluding hydrogens is 435 g/mol. The van der Waals surface area contributed by atoms with E-state index in [0.29, 0.717) is 49.1 Å². The lowest BCUT2D eigenvalue weighted by Crippen LogP contribution is -2.65. The van der Waals surface area contributed by atoms with Gasteiger partial charge in [-0.05, 0) is 41.5 Å². The van der Waals surface area contributed by atoms with Crippen LogP contribution in [0.3, 0.4) is 0 Å². The van der Waals surface area contributed by atoms with E-state index in [1.54, 1.807) is 36.4 Å². The lowest BCUT2D eigenvalue weighted by molar-refractivity contribution is -0.150. The van der Waals surface area contributed by atoms with Crippen molar-refractivity contribution in [2.75, 3.05) is 31.6 Å². The van der Waals surface area contributed by atoms with Gasteiger partial charge in [-0.25, -0.2) is 9.18 Å². The third kappa shape index (κ3) is 5.27. The molecule has 3 N–H and O–H groups in total. The summed E-state index contributed by atoms with van der Waals surface area (Å²) in [4.78, 5) is 28.5. The number of fused-ring (bicyclic) bond motifs is 2. The molecule has 2 saturated heterocycles. The van der Waals surface area contributed by atoms with E-state index in [0.717, 1.165) is 5.56 Å². The molecule has 3 amide bonds. The number of urea groups is 1. The molecule has 2 aromatic carbocycles. The summed E-state index contributed by atoms with van der Waals surface area (Å²) in [5.41, 5.74) is 7.31. The van der Waals surface area contributed by atoms with Gasteiger partial charge in [0.1, 0.15) is 5.82 Å². The number of hydrogen-bond acceptors (Lipinski definition) is 4. The minimum absolute atomic E-state index is 0.0754. The summed E-state index contributed by atoms with van der Waals surface area (Å²) in [5, 5.41) is 2.96. The van der Waals surface area contributed by atoms with Crippen molar-refractivity contribution in [1.29, 1.82) is 0 Å². The van der Waals surface area contributed by atoms with Crippen LogP contribution in [0.1, 0.15) is 11.1 Å². The maximum absolute atomic E-state index is 13.2. The van der Waals surface area contributed by atoms with E-state index in [-0.39, 0.29) is 23.8 Å². The molecule has 7 nitrogen and oxygen atoms in total. The van der Waals surface area contributed by atoms with Gasteiger partial charge in [0.15, 0.2) is 0 Å². The summed E-state index contributed by atoms with van der Waals surface area (Å²) in [6.45, 7) is 2.96. The van der Waals surface area contributed by atoms with E-state index in [2.05, 4.69) is 10.2 Å². The molecule has 168 valence electrons. The van der Waals surface area contributed by atoms with Crippen molar-refractivity contribution in [3.63, 3.8) is 0 Å². The number of nitrogens with two attached hydrogens (primary N) is 1. The topological polar surface area (TPSA) is 87.9 Å². The first-order chi connectivity index (χ1) is 15.4. The summed E-state index contributed by atoms with van der Waals surface area (Å²) in [6, 6.07) is 10.6. The van der Waals surface area contributed by atoms with E-state index in [4.69, 9.17) is 22.1 Å². The molecule has 0 spiro atoms. The van der Waals surface area contributed by atoms with Crippen LogP contribution >= 0.6 is 11.6 Å². The minimum atomic E-state index is -0.711. The highest BCUT2D eigenvalue weighted by Gasteiger charge is 2.40. The van der Waals surface area contributed by atoms with Gasteiger partial charge in [-0.2, -0.15) is 0 Å². The number of rotatable bonds is 5. The summed E-state index contributed by atoms with van der Waals surface area (Å²) in [7, 11) is 0. The van der Waals surface area contributed by atoms with Crippen LogP contribution in [-0.4, -0.2) is 60.1 Å². The van der Waals surface area contributed by atoms with Crippen molar-refractivity contribution in [3.8, 4) is 0 Å². The van der Waals surface area contributed by atoms with Crippen LogP contribution in [0.15, 0.2) is 48.5 Å². The Morgan fingerprint density at radius 2 is 1.84 bits per heavy atom. The zero-order chi connectivity index (χ0) is 22.7. The highest BCUT2D eigenvalue weighted by atomic mass is 35.5. The van der Waals surface area contributed by atoms with E-state index in [1.807, 2.05) is 4.90 Å². The lowest BCUT2D eigenvalue weighted by Gasteiger charge is -2.49. The monoisotopic (exact) mass is 458 g/mol. The van der Waals surface area contributed by atoms with Crippen LogP contribution < -0.4 is 11.1 Å². The van der Waals surface area contributed by atoms with Gasteiger partial charge in [-0.15, -0.1) is 0 Å². The molecule has 2 unspecified atom stereocenters. The Kier molecular flexibility index (Phi) is 6.74. The maximum atomic E-state index is 13.2. The Bertz CT molecular complexity index is 1020. The number of nitrogens with one attached hydrogen (secondary N) is 1. The van der Waals surface area contributed by atoms with Gasteiger partial charge in [-0.3, -0.25) is 9.69 Å². The van der Waals surface area contributed by atoms with Crippen molar-refractivity contribution in [2.24, 2.45) is 5.73 Å². The molecule has 0 radical (unpaired) electrons. The van der Waals surface area contributed by atoms with Crippen LogP contribution in [0.25, 0.3) is 6.08 Å². The van der Waals surface area contributed by atoms with Crippen molar-refractivity contribution >= 4 is 35.3 Å². The number of amides is 3. The number of hydrogen-bond donors (Lipinski definition) is 2. The van der Waals surface area contributed by atoms with Gasteiger partial charge in [0, 0.05) is 30.7 Å². The number of ether oxygens (including phenoxy) is 1. The van der Waals surface area contributed by atoms with Crippen LogP contribution in [0.4, 0.5) is 14.9 Å². The second-order valence-corrected chi connectivity index (χ2v) is 8.40. The quantitative estimate of drug-likeness (QED) is 0.674. The molecule has 2 atom stereocenters. The van der Waals surface area contributed by atoms with Crippen molar-refractivity contribution in [1.82, 2.24) is 9.80 Å². The fourth-order valence-corrected chi connectivity index (χ4v) is 4.42. The SMILES string of the molecule is NC(=O)Nc1cc(Cl)ccc1C=CC(=O)N1C2COCC1CN(Cc1ccc(F)cc1)C2. The molecular formula is C23H24ClFN4O3. The molecule has 2 heterocycles. The minimum Gasteiger partial charge on any atom is -0.377 e.